The van der Waals surface area contributed by atoms with Crippen molar-refractivity contribution in [3.8, 4) is 0 Å². The van der Waals surface area contributed by atoms with Gasteiger partial charge < -0.3 is 9.11 Å². The van der Waals surface area contributed by atoms with Gasteiger partial charge in [-0.3, -0.25) is 8.42 Å². The molecule has 2 aromatic carbocycles. The molecule has 0 heterocycles. The Labute approximate surface area is 127 Å². The van der Waals surface area contributed by atoms with Crippen LogP contribution in [0.2, 0.25) is 0 Å². The van der Waals surface area contributed by atoms with Crippen LogP contribution in [0.5, 0.6) is 0 Å². The first-order valence-electron chi connectivity index (χ1n) is 4.90. The predicted octanol–water partition coefficient (Wildman–Crippen LogP) is 1.85. The minimum absolute atomic E-state index is 0. The van der Waals surface area contributed by atoms with Gasteiger partial charge in [0.05, 0.1) is 0 Å². The third-order valence-electron chi connectivity index (χ3n) is 1.87. The van der Waals surface area contributed by atoms with Gasteiger partial charge in [0.1, 0.15) is 0 Å². The van der Waals surface area contributed by atoms with Crippen LogP contribution in [0.1, 0.15) is 0 Å². The Bertz CT molecular complexity index is 470. The number of hydrogen-bond acceptors (Lipinski definition) is 4. The third-order valence-corrected chi connectivity index (χ3v) is 3.19. The Balaban J connectivity index is 0.000000324. The topological polar surface area (TPSA) is 80.3 Å². The summed E-state index contributed by atoms with van der Waals surface area (Å²) in [5.41, 5.74) is 0. The van der Waals surface area contributed by atoms with Crippen LogP contribution in [-0.4, -0.2) is 17.5 Å². The Morgan fingerprint density at radius 3 is 1.05 bits per heavy atom. The van der Waals surface area contributed by atoms with E-state index >= 15 is 0 Å². The van der Waals surface area contributed by atoms with Crippen molar-refractivity contribution >= 4 is 22.2 Å². The van der Waals surface area contributed by atoms with Gasteiger partial charge in [0.2, 0.25) is 0 Å². The van der Waals surface area contributed by atoms with Crippen LogP contribution < -0.4 is 0 Å². The van der Waals surface area contributed by atoms with E-state index in [1.807, 2.05) is 0 Å². The Morgan fingerprint density at radius 2 is 0.895 bits per heavy atom. The van der Waals surface area contributed by atoms with Gasteiger partial charge in [-0.2, -0.15) is 0 Å². The van der Waals surface area contributed by atoms with Gasteiger partial charge in [-0.05, 0) is 46.4 Å². The molecule has 2 atom stereocenters. The quantitative estimate of drug-likeness (QED) is 0.614. The number of hydrogen-bond donors (Lipinski definition) is 0. The molecule has 0 spiro atoms. The Morgan fingerprint density at radius 1 is 0.632 bits per heavy atom. The Hall–Kier alpha value is -0.821. The first-order chi connectivity index (χ1) is 8.61. The molecule has 0 aliphatic rings. The van der Waals surface area contributed by atoms with Crippen molar-refractivity contribution in [3.05, 3.63) is 60.7 Å². The zero-order chi connectivity index (χ0) is 13.4. The molecule has 4 nitrogen and oxygen atoms in total. The molecule has 7 heteroatoms. The SMILES string of the molecule is O=S([O-])c1ccccc1.O=S([O-])c1ccccc1.[Cu]. The van der Waals surface area contributed by atoms with Crippen molar-refractivity contribution in [3.63, 3.8) is 0 Å². The zero-order valence-corrected chi connectivity index (χ0v) is 12.1. The average Bonchev–Trinajstić information content (AvgIpc) is 2.41. The molecule has 0 N–H and O–H groups in total. The van der Waals surface area contributed by atoms with E-state index in [1.165, 1.54) is 0 Å². The van der Waals surface area contributed by atoms with Crippen LogP contribution in [0.3, 0.4) is 0 Å². The van der Waals surface area contributed by atoms with Crippen LogP contribution >= 0.6 is 0 Å². The maximum atomic E-state index is 10.2. The average molecular weight is 346 g/mol. The molecule has 0 bridgehead atoms. The summed E-state index contributed by atoms with van der Waals surface area (Å²) < 4.78 is 40.8. The first-order valence-corrected chi connectivity index (χ1v) is 7.05. The van der Waals surface area contributed by atoms with Gasteiger partial charge in [0, 0.05) is 26.9 Å². The van der Waals surface area contributed by atoms with Crippen LogP contribution in [0.25, 0.3) is 0 Å². The molecule has 2 rings (SSSR count). The van der Waals surface area contributed by atoms with Gasteiger partial charge >= 0.3 is 0 Å². The van der Waals surface area contributed by atoms with E-state index in [9.17, 15) is 17.5 Å². The summed E-state index contributed by atoms with van der Waals surface area (Å²) in [5, 5.41) is 0. The van der Waals surface area contributed by atoms with Crippen LogP contribution in [-0.2, 0) is 39.2 Å². The maximum absolute atomic E-state index is 10.2. The second kappa shape index (κ2) is 10.0. The molecule has 0 aliphatic carbocycles. The fourth-order valence-corrected chi connectivity index (χ4v) is 1.82. The normalized spacial score (nSPS) is 12.3. The molecule has 0 aromatic heterocycles. The van der Waals surface area contributed by atoms with Crippen molar-refractivity contribution in [1.29, 1.82) is 0 Å². The van der Waals surface area contributed by atoms with E-state index in [0.29, 0.717) is 9.79 Å². The second-order valence-electron chi connectivity index (χ2n) is 3.10. The van der Waals surface area contributed by atoms with Gasteiger partial charge in [0.15, 0.2) is 0 Å². The smallest absolute Gasteiger partial charge is 0.0248 e. The summed E-state index contributed by atoms with van der Waals surface area (Å²) >= 11 is -4.16. The van der Waals surface area contributed by atoms with Crippen molar-refractivity contribution in [2.24, 2.45) is 0 Å². The molecule has 19 heavy (non-hydrogen) atoms. The van der Waals surface area contributed by atoms with E-state index in [4.69, 9.17) is 0 Å². The summed E-state index contributed by atoms with van der Waals surface area (Å²) in [5.74, 6) is 0. The van der Waals surface area contributed by atoms with E-state index in [1.54, 1.807) is 60.7 Å². The van der Waals surface area contributed by atoms with Crippen molar-refractivity contribution in [2.45, 2.75) is 9.79 Å². The molecule has 1 radical (unpaired) electrons. The summed E-state index contributed by atoms with van der Waals surface area (Å²) in [7, 11) is 0. The molecule has 0 saturated heterocycles. The largest absolute Gasteiger partial charge is 0.768 e. The van der Waals surface area contributed by atoms with E-state index in [0.717, 1.165) is 0 Å². The summed E-state index contributed by atoms with van der Waals surface area (Å²) in [6.07, 6.45) is 0. The minimum atomic E-state index is -2.08. The van der Waals surface area contributed by atoms with Crippen LogP contribution in [0.4, 0.5) is 0 Å². The Kier molecular flexibility index (Phi) is 9.59. The molecular formula is C12H10CuO4S2-2. The molecule has 0 amide bonds. The molecule has 107 valence electrons. The summed E-state index contributed by atoms with van der Waals surface area (Å²) in [6, 6.07) is 16.5. The monoisotopic (exact) mass is 345 g/mol. The summed E-state index contributed by atoms with van der Waals surface area (Å²) in [4.78, 5) is 0.662. The van der Waals surface area contributed by atoms with Crippen molar-refractivity contribution < 1.29 is 34.6 Å². The molecule has 0 saturated carbocycles. The standard InChI is InChI=1S/2C6H6O2S.Cu/c2*7-9(8)6-4-2-1-3-5-6;/h2*1-5H,(H,7,8);/p-2. The molecule has 0 aliphatic heterocycles. The fourth-order valence-electron chi connectivity index (χ4n) is 1.06. The third kappa shape index (κ3) is 7.37. The van der Waals surface area contributed by atoms with Gasteiger partial charge in [0.25, 0.3) is 0 Å². The molecule has 0 fully saturated rings. The van der Waals surface area contributed by atoms with Crippen LogP contribution in [0, 0.1) is 0 Å². The molecule has 2 unspecified atom stereocenters. The molecular weight excluding hydrogens is 336 g/mol. The van der Waals surface area contributed by atoms with Crippen molar-refractivity contribution in [2.75, 3.05) is 0 Å². The zero-order valence-electron chi connectivity index (χ0n) is 9.52. The van der Waals surface area contributed by atoms with E-state index in [2.05, 4.69) is 0 Å². The van der Waals surface area contributed by atoms with E-state index < -0.39 is 22.2 Å². The fraction of sp³-hybridized carbons (Fsp3) is 0. The number of benzene rings is 2. The predicted molar refractivity (Wildman–Crippen MR) is 67.3 cm³/mol. The maximum Gasteiger partial charge on any atom is 0.0248 e. The van der Waals surface area contributed by atoms with Gasteiger partial charge in [-0.1, -0.05) is 36.4 Å². The number of rotatable bonds is 2. The van der Waals surface area contributed by atoms with E-state index in [-0.39, 0.29) is 17.1 Å². The second-order valence-corrected chi connectivity index (χ2v) is 4.98. The minimum Gasteiger partial charge on any atom is -0.768 e. The first kappa shape index (κ1) is 18.2. The van der Waals surface area contributed by atoms with Crippen molar-refractivity contribution in [1.82, 2.24) is 0 Å². The molecule has 2 aromatic rings. The van der Waals surface area contributed by atoms with Gasteiger partial charge in [-0.25, -0.2) is 0 Å². The summed E-state index contributed by atoms with van der Waals surface area (Å²) in [6.45, 7) is 0. The van der Waals surface area contributed by atoms with Crippen LogP contribution in [0.15, 0.2) is 70.5 Å². The van der Waals surface area contributed by atoms with Gasteiger partial charge in [-0.15, -0.1) is 0 Å².